The zero-order chi connectivity index (χ0) is 15.4. The van der Waals surface area contributed by atoms with E-state index in [1.165, 1.54) is 18.9 Å². The lowest BCUT2D eigenvalue weighted by Crippen LogP contribution is -2.48. The summed E-state index contributed by atoms with van der Waals surface area (Å²) >= 11 is 0. The summed E-state index contributed by atoms with van der Waals surface area (Å²) in [5, 5.41) is 3.03. The van der Waals surface area contributed by atoms with Crippen LogP contribution in [0.25, 0.3) is 0 Å². The molecule has 2 aliphatic rings. The zero-order valence-corrected chi connectivity index (χ0v) is 12.8. The van der Waals surface area contributed by atoms with Gasteiger partial charge >= 0.3 is 0 Å². The smallest absolute Gasteiger partial charge is 0.246 e. The minimum Gasteiger partial charge on any atom is -0.371 e. The molecule has 1 unspecified atom stereocenters. The van der Waals surface area contributed by atoms with Gasteiger partial charge in [0.15, 0.2) is 0 Å². The average molecular weight is 306 g/mol. The van der Waals surface area contributed by atoms with E-state index in [0.29, 0.717) is 12.5 Å². The van der Waals surface area contributed by atoms with Crippen molar-refractivity contribution >= 4 is 11.6 Å². The van der Waals surface area contributed by atoms with Crippen LogP contribution >= 0.6 is 0 Å². The predicted molar refractivity (Wildman–Crippen MR) is 83.3 cm³/mol. The van der Waals surface area contributed by atoms with Gasteiger partial charge in [-0.2, -0.15) is 0 Å². The molecule has 3 rings (SSSR count). The monoisotopic (exact) mass is 306 g/mol. The Kier molecular flexibility index (Phi) is 4.93. The number of nitrogens with zero attached hydrogens (tertiary/aromatic N) is 1. The highest BCUT2D eigenvalue weighted by Gasteiger charge is 2.23. The molecule has 5 heteroatoms. The molecule has 2 fully saturated rings. The van der Waals surface area contributed by atoms with Crippen molar-refractivity contribution in [3.05, 3.63) is 30.1 Å². The summed E-state index contributed by atoms with van der Waals surface area (Å²) in [6.07, 6.45) is 4.41. The molecule has 1 saturated carbocycles. The Bertz CT molecular complexity index is 519. The summed E-state index contributed by atoms with van der Waals surface area (Å²) in [5.41, 5.74) is 0.879. The summed E-state index contributed by atoms with van der Waals surface area (Å²) < 4.78 is 18.7. The van der Waals surface area contributed by atoms with Crippen LogP contribution < -0.4 is 10.2 Å². The summed E-state index contributed by atoms with van der Waals surface area (Å²) in [6, 6.07) is 6.73. The molecule has 1 amide bonds. The number of rotatable bonds is 6. The van der Waals surface area contributed by atoms with E-state index in [1.54, 1.807) is 12.1 Å². The first-order valence-corrected chi connectivity index (χ1v) is 8.08. The van der Waals surface area contributed by atoms with Crippen molar-refractivity contribution in [1.29, 1.82) is 0 Å². The van der Waals surface area contributed by atoms with Crippen molar-refractivity contribution in [3.63, 3.8) is 0 Å². The van der Waals surface area contributed by atoms with Gasteiger partial charge in [-0.05, 0) is 49.8 Å². The Hall–Kier alpha value is -1.62. The maximum atomic E-state index is 13.3. The number of amides is 1. The topological polar surface area (TPSA) is 41.6 Å². The first kappa shape index (κ1) is 15.3. The summed E-state index contributed by atoms with van der Waals surface area (Å²) in [6.45, 7) is 2.46. The fourth-order valence-corrected chi connectivity index (χ4v) is 2.87. The Balaban J connectivity index is 1.46. The number of anilines is 1. The molecule has 0 radical (unpaired) electrons. The highest BCUT2D eigenvalue weighted by atomic mass is 19.1. The predicted octanol–water partition coefficient (Wildman–Crippen LogP) is 2.34. The number of carbonyl (C=O) groups excluding carboxylic acids is 1. The van der Waals surface area contributed by atoms with Gasteiger partial charge in [0.1, 0.15) is 12.4 Å². The van der Waals surface area contributed by atoms with Gasteiger partial charge in [0.05, 0.1) is 6.61 Å². The number of piperidine rings is 1. The third kappa shape index (κ3) is 4.44. The van der Waals surface area contributed by atoms with Gasteiger partial charge in [0.2, 0.25) is 5.91 Å². The van der Waals surface area contributed by atoms with Crippen LogP contribution in [0.15, 0.2) is 24.3 Å². The highest BCUT2D eigenvalue weighted by Crippen LogP contribution is 2.28. The fourth-order valence-electron chi connectivity index (χ4n) is 2.87. The normalized spacial score (nSPS) is 21.7. The van der Waals surface area contributed by atoms with Crippen molar-refractivity contribution in [3.8, 4) is 0 Å². The summed E-state index contributed by atoms with van der Waals surface area (Å²) in [5.74, 6) is 0.398. The van der Waals surface area contributed by atoms with E-state index in [2.05, 4.69) is 10.2 Å². The number of benzene rings is 1. The fraction of sp³-hybridized carbons (Fsp3) is 0.588. The molecular weight excluding hydrogens is 283 g/mol. The van der Waals surface area contributed by atoms with E-state index in [1.807, 2.05) is 6.07 Å². The lowest BCUT2D eigenvalue weighted by atomic mass is 10.0. The molecule has 22 heavy (non-hydrogen) atoms. The second-order valence-corrected chi connectivity index (χ2v) is 6.29. The SMILES string of the molecule is O=C(COCC1CC1)NC1CCCN(c2cccc(F)c2)C1. The maximum absolute atomic E-state index is 13.3. The Labute approximate surface area is 130 Å². The molecule has 0 bridgehead atoms. The third-order valence-electron chi connectivity index (χ3n) is 4.24. The second-order valence-electron chi connectivity index (χ2n) is 6.29. The first-order chi connectivity index (χ1) is 10.7. The lowest BCUT2D eigenvalue weighted by Gasteiger charge is -2.34. The Morgan fingerprint density at radius 3 is 3.00 bits per heavy atom. The van der Waals surface area contributed by atoms with E-state index >= 15 is 0 Å². The van der Waals surface area contributed by atoms with Crippen molar-refractivity contribution in [1.82, 2.24) is 5.32 Å². The molecule has 1 aromatic carbocycles. The van der Waals surface area contributed by atoms with Gasteiger partial charge in [-0.15, -0.1) is 0 Å². The van der Waals surface area contributed by atoms with Gasteiger partial charge in [0, 0.05) is 24.8 Å². The Morgan fingerprint density at radius 2 is 2.23 bits per heavy atom. The molecule has 1 atom stereocenters. The van der Waals surface area contributed by atoms with Crippen LogP contribution in [-0.4, -0.2) is 38.3 Å². The van der Waals surface area contributed by atoms with Crippen LogP contribution in [0, 0.1) is 11.7 Å². The quantitative estimate of drug-likeness (QED) is 0.877. The number of hydrogen-bond donors (Lipinski definition) is 1. The van der Waals surface area contributed by atoms with Crippen LogP contribution in [0.2, 0.25) is 0 Å². The van der Waals surface area contributed by atoms with E-state index in [9.17, 15) is 9.18 Å². The number of hydrogen-bond acceptors (Lipinski definition) is 3. The molecule has 120 valence electrons. The van der Waals surface area contributed by atoms with Crippen molar-refractivity contribution < 1.29 is 13.9 Å². The van der Waals surface area contributed by atoms with Gasteiger partial charge in [0.25, 0.3) is 0 Å². The molecule has 1 aliphatic carbocycles. The molecule has 0 spiro atoms. The highest BCUT2D eigenvalue weighted by molar-refractivity contribution is 5.77. The van der Waals surface area contributed by atoms with Gasteiger partial charge in [-0.1, -0.05) is 6.07 Å². The van der Waals surface area contributed by atoms with Crippen molar-refractivity contribution in [2.45, 2.75) is 31.7 Å². The van der Waals surface area contributed by atoms with Crippen LogP contribution in [-0.2, 0) is 9.53 Å². The molecule has 1 aliphatic heterocycles. The van der Waals surface area contributed by atoms with Crippen molar-refractivity contribution in [2.75, 3.05) is 31.2 Å². The van der Waals surface area contributed by atoms with Crippen LogP contribution in [0.5, 0.6) is 0 Å². The second kappa shape index (κ2) is 7.09. The number of halogens is 1. The zero-order valence-electron chi connectivity index (χ0n) is 12.8. The lowest BCUT2D eigenvalue weighted by molar-refractivity contribution is -0.126. The van der Waals surface area contributed by atoms with Crippen LogP contribution in [0.4, 0.5) is 10.1 Å². The summed E-state index contributed by atoms with van der Waals surface area (Å²) in [7, 11) is 0. The summed E-state index contributed by atoms with van der Waals surface area (Å²) in [4.78, 5) is 14.0. The van der Waals surface area contributed by atoms with E-state index in [-0.39, 0.29) is 24.4 Å². The third-order valence-corrected chi connectivity index (χ3v) is 4.24. The largest absolute Gasteiger partial charge is 0.371 e. The number of ether oxygens (including phenoxy) is 1. The Morgan fingerprint density at radius 1 is 1.36 bits per heavy atom. The minimum atomic E-state index is -0.225. The van der Waals surface area contributed by atoms with Crippen molar-refractivity contribution in [2.24, 2.45) is 5.92 Å². The molecule has 1 aromatic rings. The molecular formula is C17H23FN2O2. The standard InChI is InChI=1S/C17H23FN2O2/c18-14-3-1-5-16(9-14)20-8-2-4-15(10-20)19-17(21)12-22-11-13-6-7-13/h1,3,5,9,13,15H,2,4,6-8,10-12H2,(H,19,21). The molecule has 1 heterocycles. The van der Waals surface area contributed by atoms with E-state index in [4.69, 9.17) is 4.74 Å². The first-order valence-electron chi connectivity index (χ1n) is 8.08. The van der Waals surface area contributed by atoms with Gasteiger partial charge < -0.3 is 15.0 Å². The molecule has 4 nitrogen and oxygen atoms in total. The van der Waals surface area contributed by atoms with Gasteiger partial charge in [-0.25, -0.2) is 4.39 Å². The minimum absolute atomic E-state index is 0.0493. The van der Waals surface area contributed by atoms with E-state index in [0.717, 1.165) is 31.6 Å². The van der Waals surface area contributed by atoms with Crippen LogP contribution in [0.3, 0.4) is 0 Å². The van der Waals surface area contributed by atoms with Crippen LogP contribution in [0.1, 0.15) is 25.7 Å². The molecule has 1 N–H and O–H groups in total. The van der Waals surface area contributed by atoms with Gasteiger partial charge in [-0.3, -0.25) is 4.79 Å². The molecule has 0 aromatic heterocycles. The molecule has 1 saturated heterocycles. The van der Waals surface area contributed by atoms with E-state index < -0.39 is 0 Å². The number of nitrogens with one attached hydrogen (secondary N) is 1. The average Bonchev–Trinajstić information content (AvgIpc) is 3.32. The number of carbonyl (C=O) groups is 1. The maximum Gasteiger partial charge on any atom is 0.246 e.